The minimum Gasteiger partial charge on any atom is -0.497 e. The van der Waals surface area contributed by atoms with Crippen molar-refractivity contribution in [3.8, 4) is 22.9 Å². The fraction of sp³-hybridized carbons (Fsp3) is 0.356. The third-order valence-electron chi connectivity index (χ3n) is 9.66. The molecule has 1 aliphatic rings. The van der Waals surface area contributed by atoms with E-state index in [1.165, 1.54) is 6.07 Å². The van der Waals surface area contributed by atoms with Gasteiger partial charge in [-0.15, -0.1) is 0 Å². The van der Waals surface area contributed by atoms with Crippen molar-refractivity contribution in [2.75, 3.05) is 32.2 Å². The quantitative estimate of drug-likeness (QED) is 0.0962. The van der Waals surface area contributed by atoms with E-state index in [0.29, 0.717) is 37.1 Å². The standard InChI is InChI=1S/C45H53N5O7/c1-7-32-17-18-34(30-57-39-22-31(2)49(42(51)26-39)29-33-12-10-14-37(24-33)53-6)35(23-32)28-46-44(52)47-41-27-40(45(3,4)5)48-50(41)36-13-11-15-38(25-36)54-20-21-56-43-16-8-9-19-55-43/h7,10-15,17-18,22-27,43H,1,8-9,16,19-21,28-30H2,2-6H3,(H2,46,47,52). The highest BCUT2D eigenvalue weighted by Gasteiger charge is 2.22. The minimum absolute atomic E-state index is 0.170. The second kappa shape index (κ2) is 18.9. The summed E-state index contributed by atoms with van der Waals surface area (Å²) in [5, 5.41) is 10.9. The SMILES string of the molecule is C=Cc1ccc(COc2cc(C)n(Cc3cccc(OC)c3)c(=O)c2)c(CNC(=O)Nc2cc(C(C)(C)C)nn2-c2cccc(OCCOC3CCCCO3)c2)c1. The number of hydrogen-bond donors (Lipinski definition) is 2. The average molecular weight is 776 g/mol. The zero-order chi connectivity index (χ0) is 40.4. The lowest BCUT2D eigenvalue weighted by Gasteiger charge is -2.22. The Labute approximate surface area is 334 Å². The lowest BCUT2D eigenvalue weighted by Crippen LogP contribution is -2.29. The molecule has 6 rings (SSSR count). The van der Waals surface area contributed by atoms with Crippen LogP contribution in [0.3, 0.4) is 0 Å². The summed E-state index contributed by atoms with van der Waals surface area (Å²) in [5.41, 5.74) is 5.42. The summed E-state index contributed by atoms with van der Waals surface area (Å²) in [5.74, 6) is 2.36. The van der Waals surface area contributed by atoms with E-state index in [2.05, 4.69) is 38.0 Å². The molecule has 0 spiro atoms. The van der Waals surface area contributed by atoms with Crippen LogP contribution in [0.25, 0.3) is 11.8 Å². The van der Waals surface area contributed by atoms with Gasteiger partial charge in [-0.2, -0.15) is 5.10 Å². The molecule has 3 heterocycles. The zero-order valence-electron chi connectivity index (χ0n) is 33.5. The first-order chi connectivity index (χ1) is 27.5. The van der Waals surface area contributed by atoms with E-state index < -0.39 is 6.03 Å². The van der Waals surface area contributed by atoms with Gasteiger partial charge in [0.25, 0.3) is 5.56 Å². The van der Waals surface area contributed by atoms with Crippen molar-refractivity contribution in [2.24, 2.45) is 0 Å². The number of rotatable bonds is 16. The predicted molar refractivity (Wildman–Crippen MR) is 222 cm³/mol. The van der Waals surface area contributed by atoms with Gasteiger partial charge in [0.1, 0.15) is 36.3 Å². The van der Waals surface area contributed by atoms with Crippen molar-refractivity contribution in [3.05, 3.63) is 136 Å². The highest BCUT2D eigenvalue weighted by atomic mass is 16.7. The van der Waals surface area contributed by atoms with Crippen molar-refractivity contribution in [1.82, 2.24) is 19.7 Å². The molecule has 2 amide bonds. The van der Waals surface area contributed by atoms with Crippen LogP contribution in [0.4, 0.5) is 10.6 Å². The Morgan fingerprint density at radius 3 is 2.53 bits per heavy atom. The smallest absolute Gasteiger partial charge is 0.320 e. The van der Waals surface area contributed by atoms with Gasteiger partial charge in [-0.25, -0.2) is 9.48 Å². The minimum atomic E-state index is -0.405. The van der Waals surface area contributed by atoms with Crippen molar-refractivity contribution < 1.29 is 28.5 Å². The van der Waals surface area contributed by atoms with Crippen molar-refractivity contribution in [3.63, 3.8) is 0 Å². The Morgan fingerprint density at radius 2 is 1.77 bits per heavy atom. The van der Waals surface area contributed by atoms with Gasteiger partial charge in [-0.1, -0.05) is 63.8 Å². The van der Waals surface area contributed by atoms with Crippen molar-refractivity contribution in [2.45, 2.75) is 78.4 Å². The number of urea groups is 1. The topological polar surface area (TPSA) is 127 Å². The Bertz CT molecular complexity index is 2210. The number of nitrogens with zero attached hydrogens (tertiary/aromatic N) is 3. The maximum absolute atomic E-state index is 13.5. The fourth-order valence-electron chi connectivity index (χ4n) is 6.43. The second-order valence-corrected chi connectivity index (χ2v) is 15.0. The number of methoxy groups -OCH3 is 1. The number of nitrogens with one attached hydrogen (secondary N) is 2. The van der Waals surface area contributed by atoms with Crippen LogP contribution < -0.4 is 30.4 Å². The van der Waals surface area contributed by atoms with Crippen LogP contribution in [0.2, 0.25) is 0 Å². The first-order valence-corrected chi connectivity index (χ1v) is 19.3. The molecule has 0 radical (unpaired) electrons. The first-order valence-electron chi connectivity index (χ1n) is 19.3. The highest BCUT2D eigenvalue weighted by molar-refractivity contribution is 5.88. The molecule has 1 fully saturated rings. The molecule has 2 N–H and O–H groups in total. The summed E-state index contributed by atoms with van der Waals surface area (Å²) in [6.07, 6.45) is 4.66. The van der Waals surface area contributed by atoms with Gasteiger partial charge < -0.3 is 33.6 Å². The van der Waals surface area contributed by atoms with E-state index in [0.717, 1.165) is 70.9 Å². The first kappa shape index (κ1) is 40.8. The number of aromatic nitrogens is 3. The van der Waals surface area contributed by atoms with E-state index in [1.54, 1.807) is 22.4 Å². The molecule has 1 unspecified atom stereocenters. The molecule has 0 bridgehead atoms. The molecule has 1 aliphatic heterocycles. The summed E-state index contributed by atoms with van der Waals surface area (Å²) in [6, 6.07) is 25.9. The van der Waals surface area contributed by atoms with Crippen LogP contribution in [0.5, 0.6) is 17.2 Å². The van der Waals surface area contributed by atoms with E-state index in [9.17, 15) is 9.59 Å². The predicted octanol–water partition coefficient (Wildman–Crippen LogP) is 8.16. The summed E-state index contributed by atoms with van der Waals surface area (Å²) < 4.78 is 32.4. The van der Waals surface area contributed by atoms with Crippen LogP contribution in [0.15, 0.2) is 96.3 Å². The third kappa shape index (κ3) is 11.1. The molecule has 12 heteroatoms. The normalized spacial score (nSPS) is 14.2. The summed E-state index contributed by atoms with van der Waals surface area (Å²) in [7, 11) is 1.62. The molecule has 2 aromatic heterocycles. The maximum Gasteiger partial charge on any atom is 0.320 e. The van der Waals surface area contributed by atoms with E-state index in [1.807, 2.05) is 85.8 Å². The average Bonchev–Trinajstić information content (AvgIpc) is 3.64. The van der Waals surface area contributed by atoms with Gasteiger partial charge in [0.05, 0.1) is 31.6 Å². The van der Waals surface area contributed by atoms with Gasteiger partial charge in [0.15, 0.2) is 6.29 Å². The number of amides is 2. The van der Waals surface area contributed by atoms with Gasteiger partial charge in [0, 0.05) is 42.5 Å². The molecular formula is C45H53N5O7. The Hall–Kier alpha value is -5.85. The number of benzene rings is 3. The fourth-order valence-corrected chi connectivity index (χ4v) is 6.43. The van der Waals surface area contributed by atoms with Gasteiger partial charge in [-0.05, 0) is 84.8 Å². The number of carbonyl (C=O) groups is 1. The van der Waals surface area contributed by atoms with Crippen LogP contribution in [0, 0.1) is 6.92 Å². The number of anilines is 1. The molecule has 1 atom stereocenters. The number of pyridine rings is 1. The zero-order valence-corrected chi connectivity index (χ0v) is 33.5. The number of hydrogen-bond acceptors (Lipinski definition) is 8. The molecule has 5 aromatic rings. The number of carbonyl (C=O) groups excluding carboxylic acids is 1. The largest absolute Gasteiger partial charge is 0.497 e. The van der Waals surface area contributed by atoms with Crippen molar-refractivity contribution >= 4 is 17.9 Å². The molecule has 300 valence electrons. The number of ether oxygens (including phenoxy) is 5. The lowest BCUT2D eigenvalue weighted by molar-refractivity contribution is -0.165. The summed E-state index contributed by atoms with van der Waals surface area (Å²) in [4.78, 5) is 26.7. The molecule has 12 nitrogen and oxygen atoms in total. The molecular weight excluding hydrogens is 723 g/mol. The van der Waals surface area contributed by atoms with Crippen LogP contribution in [-0.2, 0) is 34.6 Å². The van der Waals surface area contributed by atoms with Crippen molar-refractivity contribution in [1.29, 1.82) is 0 Å². The number of aryl methyl sites for hydroxylation is 1. The van der Waals surface area contributed by atoms with Gasteiger partial charge in [0.2, 0.25) is 0 Å². The van der Waals surface area contributed by atoms with Gasteiger partial charge in [-0.3, -0.25) is 10.1 Å². The van der Waals surface area contributed by atoms with Crippen LogP contribution >= 0.6 is 0 Å². The van der Waals surface area contributed by atoms with E-state index in [-0.39, 0.29) is 30.4 Å². The lowest BCUT2D eigenvalue weighted by atomic mass is 9.92. The maximum atomic E-state index is 13.5. The van der Waals surface area contributed by atoms with E-state index >= 15 is 0 Å². The molecule has 57 heavy (non-hydrogen) atoms. The molecule has 0 saturated carbocycles. The van der Waals surface area contributed by atoms with Gasteiger partial charge >= 0.3 is 6.03 Å². The molecule has 1 saturated heterocycles. The van der Waals surface area contributed by atoms with Crippen LogP contribution in [0.1, 0.15) is 73.7 Å². The monoisotopic (exact) mass is 775 g/mol. The second-order valence-electron chi connectivity index (χ2n) is 15.0. The Morgan fingerprint density at radius 1 is 0.947 bits per heavy atom. The summed E-state index contributed by atoms with van der Waals surface area (Å²) in [6.45, 7) is 14.4. The third-order valence-corrected chi connectivity index (χ3v) is 9.66. The molecule has 3 aromatic carbocycles. The Balaban J connectivity index is 1.11. The van der Waals surface area contributed by atoms with E-state index in [4.69, 9.17) is 28.8 Å². The summed E-state index contributed by atoms with van der Waals surface area (Å²) >= 11 is 0. The highest BCUT2D eigenvalue weighted by Crippen LogP contribution is 2.28. The van der Waals surface area contributed by atoms with Crippen LogP contribution in [-0.4, -0.2) is 53.6 Å². The Kier molecular flexibility index (Phi) is 13.5. The molecule has 0 aliphatic carbocycles.